The molecule has 0 saturated heterocycles. The van der Waals surface area contributed by atoms with Gasteiger partial charge in [0.25, 0.3) is 5.91 Å². The highest BCUT2D eigenvalue weighted by Gasteiger charge is 2.32. The molecule has 0 aliphatic carbocycles. The first-order valence-corrected chi connectivity index (χ1v) is 10.6. The number of anilines is 1. The van der Waals surface area contributed by atoms with Crippen molar-refractivity contribution in [1.82, 2.24) is 19.3 Å². The van der Waals surface area contributed by atoms with Crippen LogP contribution < -0.4 is 5.32 Å². The highest BCUT2D eigenvalue weighted by Crippen LogP contribution is 2.32. The molecule has 3 aromatic rings. The van der Waals surface area contributed by atoms with Gasteiger partial charge in [-0.25, -0.2) is 27.2 Å². The second kappa shape index (κ2) is 7.54. The zero-order chi connectivity index (χ0) is 20.6. The molecule has 150 valence electrons. The van der Waals surface area contributed by atoms with Crippen LogP contribution in [0.5, 0.6) is 0 Å². The first kappa shape index (κ1) is 19.5. The van der Waals surface area contributed by atoms with Crippen LogP contribution in [0.4, 0.5) is 13.9 Å². The van der Waals surface area contributed by atoms with Gasteiger partial charge in [0.05, 0.1) is 18.4 Å². The Kier molecular flexibility index (Phi) is 5.06. The third-order valence-corrected chi connectivity index (χ3v) is 7.08. The summed E-state index contributed by atoms with van der Waals surface area (Å²) >= 11 is 1.12. The van der Waals surface area contributed by atoms with Gasteiger partial charge in [-0.05, 0) is 18.2 Å². The zero-order valence-electron chi connectivity index (χ0n) is 14.7. The highest BCUT2D eigenvalue weighted by molar-refractivity contribution is 7.89. The van der Waals surface area contributed by atoms with Gasteiger partial charge in [-0.1, -0.05) is 0 Å². The Labute approximate surface area is 168 Å². The number of aromatic nitrogens is 3. The predicted octanol–water partition coefficient (Wildman–Crippen LogP) is 2.21. The summed E-state index contributed by atoms with van der Waals surface area (Å²) in [6.07, 6.45) is 4.42. The molecule has 3 heterocycles. The van der Waals surface area contributed by atoms with E-state index >= 15 is 0 Å². The summed E-state index contributed by atoms with van der Waals surface area (Å²) in [7, 11) is -4.22. The van der Waals surface area contributed by atoms with Crippen LogP contribution in [-0.2, 0) is 23.0 Å². The van der Waals surface area contributed by atoms with Crippen LogP contribution in [0.15, 0.2) is 41.7 Å². The number of carbonyl (C=O) groups excluding carboxylic acids is 1. The normalized spacial score (nSPS) is 14.4. The van der Waals surface area contributed by atoms with Crippen molar-refractivity contribution >= 4 is 32.4 Å². The molecule has 12 heteroatoms. The average Bonchev–Trinajstić information content (AvgIpc) is 3.11. The maximum Gasteiger partial charge on any atom is 0.277 e. The molecule has 0 fully saturated rings. The number of fused-ring (bicyclic) bond motifs is 1. The topological polar surface area (TPSA) is 105 Å². The summed E-state index contributed by atoms with van der Waals surface area (Å²) < 4.78 is 54.0. The molecular weight excluding hydrogens is 424 g/mol. The number of nitrogens with zero attached hydrogens (tertiary/aromatic N) is 4. The minimum Gasteiger partial charge on any atom is -0.296 e. The van der Waals surface area contributed by atoms with Crippen molar-refractivity contribution in [3.63, 3.8) is 0 Å². The Bertz CT molecular complexity index is 1190. The lowest BCUT2D eigenvalue weighted by atomic mass is 10.2. The number of hydrogen-bond acceptors (Lipinski definition) is 7. The Morgan fingerprint density at radius 3 is 2.83 bits per heavy atom. The first-order chi connectivity index (χ1) is 13.8. The lowest BCUT2D eigenvalue weighted by Gasteiger charge is -2.25. The van der Waals surface area contributed by atoms with E-state index in [1.54, 1.807) is 0 Å². The standard InChI is InChI=1S/C17H13F2N5O3S2/c18-10-1-2-11(19)15(7-10)29(26,27)24-6-3-12-14(9-24)28-17(22-12)23-16(25)13-8-20-4-5-21-13/h1-2,4-5,7-8H,3,6,9H2,(H,22,23,25). The second-order valence-corrected chi connectivity index (χ2v) is 9.09. The Hall–Kier alpha value is -2.83. The van der Waals surface area contributed by atoms with Crippen LogP contribution in [0.3, 0.4) is 0 Å². The van der Waals surface area contributed by atoms with Gasteiger partial charge in [0.15, 0.2) is 5.13 Å². The van der Waals surface area contributed by atoms with E-state index in [1.807, 2.05) is 0 Å². The van der Waals surface area contributed by atoms with E-state index < -0.39 is 32.5 Å². The van der Waals surface area contributed by atoms with E-state index in [0.717, 1.165) is 27.8 Å². The van der Waals surface area contributed by atoms with E-state index in [-0.39, 0.29) is 25.2 Å². The van der Waals surface area contributed by atoms with Crippen LogP contribution in [0.1, 0.15) is 21.1 Å². The quantitative estimate of drug-likeness (QED) is 0.671. The van der Waals surface area contributed by atoms with Crippen LogP contribution in [0, 0.1) is 11.6 Å². The fourth-order valence-corrected chi connectivity index (χ4v) is 5.41. The van der Waals surface area contributed by atoms with E-state index in [9.17, 15) is 22.0 Å². The average molecular weight is 437 g/mol. The minimum atomic E-state index is -4.22. The number of nitrogens with one attached hydrogen (secondary N) is 1. The van der Waals surface area contributed by atoms with Crippen LogP contribution in [-0.4, -0.2) is 40.1 Å². The van der Waals surface area contributed by atoms with Crippen LogP contribution >= 0.6 is 11.3 Å². The number of hydrogen-bond donors (Lipinski definition) is 1. The molecular formula is C17H13F2N5O3S2. The molecule has 29 heavy (non-hydrogen) atoms. The molecule has 1 N–H and O–H groups in total. The Balaban J connectivity index is 1.55. The molecule has 0 unspecified atom stereocenters. The number of benzene rings is 1. The molecule has 0 radical (unpaired) electrons. The lowest BCUT2D eigenvalue weighted by molar-refractivity contribution is 0.102. The molecule has 0 saturated carbocycles. The molecule has 0 atom stereocenters. The van der Waals surface area contributed by atoms with Gasteiger partial charge in [0.1, 0.15) is 22.2 Å². The summed E-state index contributed by atoms with van der Waals surface area (Å²) in [5.74, 6) is -2.34. The third-order valence-electron chi connectivity index (χ3n) is 4.22. The summed E-state index contributed by atoms with van der Waals surface area (Å²) in [4.78, 5) is 24.1. The largest absolute Gasteiger partial charge is 0.296 e. The molecule has 4 rings (SSSR count). The van der Waals surface area contributed by atoms with Gasteiger partial charge in [0, 0.05) is 30.2 Å². The van der Waals surface area contributed by atoms with E-state index in [2.05, 4.69) is 20.3 Å². The van der Waals surface area contributed by atoms with Crippen LogP contribution in [0.25, 0.3) is 0 Å². The molecule has 2 aromatic heterocycles. The Morgan fingerprint density at radius 1 is 1.24 bits per heavy atom. The van der Waals surface area contributed by atoms with Crippen molar-refractivity contribution < 1.29 is 22.0 Å². The SMILES string of the molecule is O=C(Nc1nc2c(s1)CN(S(=O)(=O)c1cc(F)ccc1F)CC2)c1cnccn1. The monoisotopic (exact) mass is 437 g/mol. The smallest absolute Gasteiger partial charge is 0.277 e. The van der Waals surface area contributed by atoms with E-state index in [4.69, 9.17) is 0 Å². The maximum absolute atomic E-state index is 14.0. The van der Waals surface area contributed by atoms with E-state index in [1.165, 1.54) is 18.6 Å². The van der Waals surface area contributed by atoms with Gasteiger partial charge in [-0.15, -0.1) is 11.3 Å². The summed E-state index contributed by atoms with van der Waals surface area (Å²) in [6, 6.07) is 2.31. The fraction of sp³-hybridized carbons (Fsp3) is 0.176. The predicted molar refractivity (Wildman–Crippen MR) is 99.8 cm³/mol. The highest BCUT2D eigenvalue weighted by atomic mass is 32.2. The number of rotatable bonds is 4. The maximum atomic E-state index is 14.0. The van der Waals surface area contributed by atoms with Crippen molar-refractivity contribution in [2.45, 2.75) is 17.9 Å². The molecule has 1 aromatic carbocycles. The van der Waals surface area contributed by atoms with Crippen molar-refractivity contribution in [2.24, 2.45) is 0 Å². The molecule has 0 bridgehead atoms. The van der Waals surface area contributed by atoms with Gasteiger partial charge in [-0.3, -0.25) is 15.1 Å². The van der Waals surface area contributed by atoms with Gasteiger partial charge < -0.3 is 0 Å². The molecule has 1 aliphatic rings. The van der Waals surface area contributed by atoms with E-state index in [0.29, 0.717) is 21.8 Å². The fourth-order valence-electron chi connectivity index (χ4n) is 2.82. The van der Waals surface area contributed by atoms with Crippen molar-refractivity contribution in [3.05, 3.63) is 64.7 Å². The molecule has 1 amide bonds. The van der Waals surface area contributed by atoms with Gasteiger partial charge >= 0.3 is 0 Å². The lowest BCUT2D eigenvalue weighted by Crippen LogP contribution is -2.36. The molecule has 8 nitrogen and oxygen atoms in total. The second-order valence-electron chi connectivity index (χ2n) is 6.10. The van der Waals surface area contributed by atoms with Crippen molar-refractivity contribution in [1.29, 1.82) is 0 Å². The van der Waals surface area contributed by atoms with Gasteiger partial charge in [-0.2, -0.15) is 4.31 Å². The molecule has 0 spiro atoms. The summed E-state index contributed by atoms with van der Waals surface area (Å²) in [5, 5.41) is 2.90. The number of sulfonamides is 1. The molecule has 1 aliphatic heterocycles. The summed E-state index contributed by atoms with van der Waals surface area (Å²) in [5.41, 5.74) is 0.766. The summed E-state index contributed by atoms with van der Waals surface area (Å²) in [6.45, 7) is 0.0128. The van der Waals surface area contributed by atoms with Crippen molar-refractivity contribution in [2.75, 3.05) is 11.9 Å². The zero-order valence-corrected chi connectivity index (χ0v) is 16.3. The van der Waals surface area contributed by atoms with Crippen LogP contribution in [0.2, 0.25) is 0 Å². The first-order valence-electron chi connectivity index (χ1n) is 8.36. The van der Waals surface area contributed by atoms with Gasteiger partial charge in [0.2, 0.25) is 10.0 Å². The number of halogens is 2. The number of amides is 1. The minimum absolute atomic E-state index is 0.0493. The third kappa shape index (κ3) is 3.86. The van der Waals surface area contributed by atoms with Crippen molar-refractivity contribution in [3.8, 4) is 0 Å². The number of thiazole rings is 1. The number of carbonyl (C=O) groups is 1. The Morgan fingerprint density at radius 2 is 2.07 bits per heavy atom.